The molecule has 7 nitrogen and oxygen atoms in total. The highest BCUT2D eigenvalue weighted by atomic mass is 19.4. The van der Waals surface area contributed by atoms with Crippen LogP contribution in [0.3, 0.4) is 0 Å². The van der Waals surface area contributed by atoms with Gasteiger partial charge in [-0.25, -0.2) is 9.18 Å². The molecule has 0 fully saturated rings. The number of hydrogen-bond acceptors (Lipinski definition) is 5. The van der Waals surface area contributed by atoms with E-state index in [1.54, 1.807) is 33.8 Å². The number of hydrogen-bond donors (Lipinski definition) is 1. The normalized spacial score (nSPS) is 15.3. The van der Waals surface area contributed by atoms with Gasteiger partial charge in [0.25, 0.3) is 5.91 Å². The molecule has 1 N–H and O–H groups in total. The number of aliphatic carboxylic acids is 1. The van der Waals surface area contributed by atoms with Gasteiger partial charge >= 0.3 is 12.1 Å². The Kier molecular flexibility index (Phi) is 8.37. The van der Waals surface area contributed by atoms with E-state index in [2.05, 4.69) is 0 Å². The van der Waals surface area contributed by atoms with Gasteiger partial charge in [-0.3, -0.25) is 4.79 Å². The summed E-state index contributed by atoms with van der Waals surface area (Å²) in [5.41, 5.74) is 1.20. The molecule has 3 aromatic carbocycles. The molecule has 2 heterocycles. The summed E-state index contributed by atoms with van der Waals surface area (Å²) in [6.07, 6.45) is -4.86. The molecule has 240 valence electrons. The first-order chi connectivity index (χ1) is 21.0. The lowest BCUT2D eigenvalue weighted by atomic mass is 9.83. The standard InChI is InChI=1S/C34H35F4NO6/c1-17-14-26-22(11-12-39(26)31(40)21-10-9-19(43-6)15-24(21)34(36,37)38)28(27(17)30(32(41)42)45-33(3,4)5)23-16-25(35)29-20(18(23)2)8-7-13-44-29/h9-10,14-16,30H,7-8,11-13H2,1-6H3,(H,41,42). The molecule has 0 radical (unpaired) electrons. The second-order valence-corrected chi connectivity index (χ2v) is 12.3. The van der Waals surface area contributed by atoms with Crippen molar-refractivity contribution in [2.24, 2.45) is 0 Å². The Morgan fingerprint density at radius 1 is 1.04 bits per heavy atom. The van der Waals surface area contributed by atoms with Crippen LogP contribution in [0, 0.1) is 19.7 Å². The molecule has 0 saturated carbocycles. The second-order valence-electron chi connectivity index (χ2n) is 12.3. The van der Waals surface area contributed by atoms with Gasteiger partial charge < -0.3 is 24.2 Å². The van der Waals surface area contributed by atoms with Crippen molar-refractivity contribution in [2.45, 2.75) is 71.8 Å². The maximum atomic E-state index is 15.6. The van der Waals surface area contributed by atoms with Gasteiger partial charge in [-0.05, 0) is 112 Å². The first kappa shape index (κ1) is 32.3. The van der Waals surface area contributed by atoms with E-state index in [4.69, 9.17) is 14.2 Å². The van der Waals surface area contributed by atoms with Crippen molar-refractivity contribution in [3.63, 3.8) is 0 Å². The molecule has 0 aliphatic carbocycles. The van der Waals surface area contributed by atoms with E-state index < -0.39 is 46.7 Å². The van der Waals surface area contributed by atoms with Gasteiger partial charge in [0.05, 0.1) is 30.4 Å². The highest BCUT2D eigenvalue weighted by Crippen LogP contribution is 2.48. The van der Waals surface area contributed by atoms with Crippen LogP contribution in [-0.4, -0.2) is 42.8 Å². The Morgan fingerprint density at radius 3 is 2.38 bits per heavy atom. The predicted octanol–water partition coefficient (Wildman–Crippen LogP) is 7.61. The summed E-state index contributed by atoms with van der Waals surface area (Å²) in [6, 6.07) is 6.08. The summed E-state index contributed by atoms with van der Waals surface area (Å²) in [6.45, 7) is 9.03. The van der Waals surface area contributed by atoms with Crippen molar-refractivity contribution in [2.75, 3.05) is 25.2 Å². The summed E-state index contributed by atoms with van der Waals surface area (Å²) < 4.78 is 74.5. The molecule has 45 heavy (non-hydrogen) atoms. The molecule has 1 amide bonds. The fourth-order valence-corrected chi connectivity index (χ4v) is 6.27. The molecular formula is C34H35F4NO6. The van der Waals surface area contributed by atoms with Crippen LogP contribution in [-0.2, 0) is 28.5 Å². The lowest BCUT2D eigenvalue weighted by molar-refractivity contribution is -0.160. The average Bonchev–Trinajstić information content (AvgIpc) is 3.39. The van der Waals surface area contributed by atoms with Crippen molar-refractivity contribution >= 4 is 17.6 Å². The summed E-state index contributed by atoms with van der Waals surface area (Å²) >= 11 is 0. The topological polar surface area (TPSA) is 85.3 Å². The minimum atomic E-state index is -4.83. The van der Waals surface area contributed by atoms with Crippen molar-refractivity contribution in [3.8, 4) is 22.6 Å². The molecule has 1 atom stereocenters. The number of rotatable bonds is 6. The molecule has 0 spiro atoms. The number of aryl methyl sites for hydroxylation is 1. The zero-order chi connectivity index (χ0) is 33.0. The second kappa shape index (κ2) is 11.7. The number of carbonyl (C=O) groups excluding carboxylic acids is 1. The lowest BCUT2D eigenvalue weighted by Crippen LogP contribution is -2.31. The number of carboxylic acid groups (broad SMARTS) is 1. The Bertz CT molecular complexity index is 1690. The minimum absolute atomic E-state index is 0.0286. The maximum Gasteiger partial charge on any atom is 0.417 e. The van der Waals surface area contributed by atoms with Crippen LogP contribution < -0.4 is 14.4 Å². The summed E-state index contributed by atoms with van der Waals surface area (Å²) in [7, 11) is 1.24. The van der Waals surface area contributed by atoms with E-state index in [-0.39, 0.29) is 24.5 Å². The fraction of sp³-hybridized carbons (Fsp3) is 0.412. The Labute approximate surface area is 258 Å². The van der Waals surface area contributed by atoms with E-state index in [0.717, 1.165) is 12.1 Å². The summed E-state index contributed by atoms with van der Waals surface area (Å²) in [4.78, 5) is 27.9. The highest BCUT2D eigenvalue weighted by Gasteiger charge is 2.40. The number of halogens is 4. The Hall–Kier alpha value is -4.12. The first-order valence-corrected chi connectivity index (χ1v) is 14.6. The Morgan fingerprint density at radius 2 is 1.76 bits per heavy atom. The van der Waals surface area contributed by atoms with Gasteiger partial charge in [-0.2, -0.15) is 13.2 Å². The predicted molar refractivity (Wildman–Crippen MR) is 160 cm³/mol. The monoisotopic (exact) mass is 629 g/mol. The van der Waals surface area contributed by atoms with Crippen molar-refractivity contribution in [1.82, 2.24) is 0 Å². The molecule has 1 unspecified atom stereocenters. The number of benzene rings is 3. The molecule has 3 aromatic rings. The number of carboxylic acids is 1. The number of ether oxygens (including phenoxy) is 3. The Balaban J connectivity index is 1.77. The molecular weight excluding hydrogens is 594 g/mol. The summed E-state index contributed by atoms with van der Waals surface area (Å²) in [5, 5.41) is 10.4. The van der Waals surface area contributed by atoms with E-state index in [9.17, 15) is 27.9 Å². The van der Waals surface area contributed by atoms with Gasteiger partial charge in [-0.15, -0.1) is 0 Å². The number of amides is 1. The number of alkyl halides is 3. The van der Waals surface area contributed by atoms with Crippen LogP contribution in [0.5, 0.6) is 11.5 Å². The van der Waals surface area contributed by atoms with Crippen molar-refractivity contribution < 1.29 is 46.5 Å². The van der Waals surface area contributed by atoms with Crippen LogP contribution in [0.1, 0.15) is 77.0 Å². The van der Waals surface area contributed by atoms with Gasteiger partial charge in [0, 0.05) is 23.4 Å². The number of methoxy groups -OCH3 is 1. The zero-order valence-corrected chi connectivity index (χ0v) is 25.9. The zero-order valence-electron chi connectivity index (χ0n) is 25.9. The maximum absolute atomic E-state index is 15.6. The number of anilines is 1. The van der Waals surface area contributed by atoms with E-state index in [1.807, 2.05) is 6.92 Å². The molecule has 11 heteroatoms. The lowest BCUT2D eigenvalue weighted by Gasteiger charge is -2.30. The SMILES string of the molecule is COc1ccc(C(=O)N2CCc3c2cc(C)c(C(OC(C)(C)C)C(=O)O)c3-c2cc(F)c3c(c2C)CCCO3)c(C(F)(F)F)c1. The van der Waals surface area contributed by atoms with E-state index >= 15 is 4.39 Å². The number of carbonyl (C=O) groups is 2. The van der Waals surface area contributed by atoms with E-state index in [0.29, 0.717) is 64.1 Å². The summed E-state index contributed by atoms with van der Waals surface area (Å²) in [5.74, 6) is -2.62. The smallest absolute Gasteiger partial charge is 0.417 e. The van der Waals surface area contributed by atoms with Gasteiger partial charge in [0.1, 0.15) is 5.75 Å². The highest BCUT2D eigenvalue weighted by molar-refractivity contribution is 6.09. The van der Waals surface area contributed by atoms with Crippen LogP contribution >= 0.6 is 0 Å². The van der Waals surface area contributed by atoms with Crippen molar-refractivity contribution in [3.05, 3.63) is 75.1 Å². The number of nitrogens with zero attached hydrogens (tertiary/aromatic N) is 1. The minimum Gasteiger partial charge on any atom is -0.497 e. The van der Waals surface area contributed by atoms with Crippen LogP contribution in [0.4, 0.5) is 23.2 Å². The van der Waals surface area contributed by atoms with Crippen molar-refractivity contribution in [1.29, 1.82) is 0 Å². The van der Waals surface area contributed by atoms with E-state index in [1.165, 1.54) is 24.1 Å². The quantitative estimate of drug-likeness (QED) is 0.283. The van der Waals surface area contributed by atoms with Crippen LogP contribution in [0.2, 0.25) is 0 Å². The third-order valence-electron chi connectivity index (χ3n) is 8.21. The number of fused-ring (bicyclic) bond motifs is 2. The third-order valence-corrected chi connectivity index (χ3v) is 8.21. The molecule has 0 saturated heterocycles. The van der Waals surface area contributed by atoms with Gasteiger partial charge in [0.2, 0.25) is 0 Å². The molecule has 0 bridgehead atoms. The molecule has 2 aliphatic rings. The van der Waals surface area contributed by atoms with Crippen LogP contribution in [0.15, 0.2) is 30.3 Å². The van der Waals surface area contributed by atoms with Gasteiger partial charge in [0.15, 0.2) is 17.7 Å². The third kappa shape index (κ3) is 5.97. The van der Waals surface area contributed by atoms with Gasteiger partial charge in [-0.1, -0.05) is 0 Å². The largest absolute Gasteiger partial charge is 0.497 e. The molecule has 2 aliphatic heterocycles. The molecule has 5 rings (SSSR count). The fourth-order valence-electron chi connectivity index (χ4n) is 6.27. The van der Waals surface area contributed by atoms with Crippen LogP contribution in [0.25, 0.3) is 11.1 Å². The first-order valence-electron chi connectivity index (χ1n) is 14.6. The average molecular weight is 630 g/mol. The molecule has 0 aromatic heterocycles.